The first kappa shape index (κ1) is 10.9. The lowest BCUT2D eigenvalue weighted by molar-refractivity contribution is 0.102. The average Bonchev–Trinajstić information content (AvgIpc) is 2.97. The zero-order chi connectivity index (χ0) is 12.5. The Morgan fingerprint density at radius 3 is 3.06 bits per heavy atom. The number of nitrogens with zero attached hydrogens (tertiary/aromatic N) is 4. The number of aromatic nitrogens is 5. The van der Waals surface area contributed by atoms with E-state index in [9.17, 15) is 4.79 Å². The summed E-state index contributed by atoms with van der Waals surface area (Å²) in [6.07, 6.45) is 7.94. The van der Waals surface area contributed by atoms with Crippen molar-refractivity contribution in [1.82, 2.24) is 24.8 Å². The van der Waals surface area contributed by atoms with Gasteiger partial charge in [0, 0.05) is 18.6 Å². The van der Waals surface area contributed by atoms with Gasteiger partial charge in [-0.25, -0.2) is 9.50 Å². The van der Waals surface area contributed by atoms with E-state index >= 15 is 0 Å². The van der Waals surface area contributed by atoms with Gasteiger partial charge in [0.25, 0.3) is 5.91 Å². The first-order chi connectivity index (χ1) is 8.74. The molecule has 3 heterocycles. The number of halogens is 1. The first-order valence-corrected chi connectivity index (χ1v) is 5.82. The highest BCUT2D eigenvalue weighted by atomic mass is 79.9. The summed E-state index contributed by atoms with van der Waals surface area (Å²) in [4.78, 5) is 16.2. The number of hydrogen-bond acceptors (Lipinski definition) is 4. The lowest BCUT2D eigenvalue weighted by atomic mass is 10.3. The molecule has 0 unspecified atom stereocenters. The fraction of sp³-hybridized carbons (Fsp3) is 0. The van der Waals surface area contributed by atoms with Gasteiger partial charge in [-0.1, -0.05) is 0 Å². The van der Waals surface area contributed by atoms with Gasteiger partial charge >= 0.3 is 0 Å². The van der Waals surface area contributed by atoms with Gasteiger partial charge in [0.15, 0.2) is 5.65 Å². The fourth-order valence-corrected chi connectivity index (χ4v) is 1.83. The summed E-state index contributed by atoms with van der Waals surface area (Å²) < 4.78 is 2.33. The smallest absolute Gasteiger partial charge is 0.261 e. The molecule has 0 fully saturated rings. The average molecular weight is 307 g/mol. The summed E-state index contributed by atoms with van der Waals surface area (Å²) in [7, 11) is 0. The van der Waals surface area contributed by atoms with Gasteiger partial charge in [0.05, 0.1) is 22.6 Å². The summed E-state index contributed by atoms with van der Waals surface area (Å²) in [5.41, 5.74) is 1.50. The molecule has 1 amide bonds. The molecule has 3 rings (SSSR count). The number of aromatic amines is 1. The molecule has 7 nitrogen and oxygen atoms in total. The van der Waals surface area contributed by atoms with Crippen LogP contribution < -0.4 is 5.32 Å². The van der Waals surface area contributed by atoms with Crippen molar-refractivity contribution in [3.63, 3.8) is 0 Å². The lowest BCUT2D eigenvalue weighted by Crippen LogP contribution is -2.11. The van der Waals surface area contributed by atoms with Gasteiger partial charge < -0.3 is 5.32 Å². The molecule has 0 aromatic carbocycles. The van der Waals surface area contributed by atoms with Gasteiger partial charge in [-0.2, -0.15) is 10.2 Å². The second-order valence-corrected chi connectivity index (χ2v) is 4.46. The molecule has 2 N–H and O–H groups in total. The van der Waals surface area contributed by atoms with E-state index in [-0.39, 0.29) is 5.91 Å². The van der Waals surface area contributed by atoms with Gasteiger partial charge in [0.2, 0.25) is 0 Å². The van der Waals surface area contributed by atoms with Crippen LogP contribution in [0.25, 0.3) is 5.65 Å². The Kier molecular flexibility index (Phi) is 2.56. The van der Waals surface area contributed by atoms with E-state index in [1.165, 1.54) is 16.9 Å². The molecule has 0 spiro atoms. The van der Waals surface area contributed by atoms with Gasteiger partial charge in [0.1, 0.15) is 5.56 Å². The van der Waals surface area contributed by atoms with E-state index in [2.05, 4.69) is 41.5 Å². The van der Waals surface area contributed by atoms with Crippen LogP contribution >= 0.6 is 15.9 Å². The number of rotatable bonds is 2. The highest BCUT2D eigenvalue weighted by Gasteiger charge is 2.14. The van der Waals surface area contributed by atoms with Gasteiger partial charge in [-0.05, 0) is 15.9 Å². The highest BCUT2D eigenvalue weighted by Crippen LogP contribution is 2.14. The summed E-state index contributed by atoms with van der Waals surface area (Å²) in [6.45, 7) is 0. The third kappa shape index (κ3) is 1.86. The second kappa shape index (κ2) is 4.22. The Morgan fingerprint density at radius 2 is 2.28 bits per heavy atom. The van der Waals surface area contributed by atoms with Crippen molar-refractivity contribution in [2.45, 2.75) is 0 Å². The molecule has 0 aliphatic heterocycles. The molecule has 0 radical (unpaired) electrons. The Hall–Kier alpha value is -2.22. The van der Waals surface area contributed by atoms with Crippen LogP contribution in [-0.4, -0.2) is 30.7 Å². The van der Waals surface area contributed by atoms with Crippen LogP contribution in [0.5, 0.6) is 0 Å². The summed E-state index contributed by atoms with van der Waals surface area (Å²) in [5, 5.41) is 13.1. The minimum absolute atomic E-state index is 0.277. The largest absolute Gasteiger partial charge is 0.319 e. The van der Waals surface area contributed by atoms with Crippen molar-refractivity contribution >= 4 is 33.2 Å². The van der Waals surface area contributed by atoms with Gasteiger partial charge in [-0.3, -0.25) is 9.89 Å². The quantitative estimate of drug-likeness (QED) is 0.750. The third-order valence-corrected chi connectivity index (χ3v) is 2.74. The molecule has 18 heavy (non-hydrogen) atoms. The summed E-state index contributed by atoms with van der Waals surface area (Å²) >= 11 is 3.29. The highest BCUT2D eigenvalue weighted by molar-refractivity contribution is 9.10. The third-order valence-electron chi connectivity index (χ3n) is 2.33. The van der Waals surface area contributed by atoms with E-state index in [0.717, 1.165) is 4.47 Å². The molecule has 0 atom stereocenters. The van der Waals surface area contributed by atoms with Crippen molar-refractivity contribution in [3.05, 3.63) is 41.0 Å². The minimum Gasteiger partial charge on any atom is -0.319 e. The Balaban J connectivity index is 1.97. The predicted molar refractivity (Wildman–Crippen MR) is 67.2 cm³/mol. The SMILES string of the molecule is O=C(Nc1cn[nH]c1)c1cnn2cc(Br)cnc12. The maximum absolute atomic E-state index is 12.0. The Bertz CT molecular complexity index is 704. The van der Waals surface area contributed by atoms with Crippen molar-refractivity contribution in [1.29, 1.82) is 0 Å². The van der Waals surface area contributed by atoms with Crippen molar-refractivity contribution in [2.75, 3.05) is 5.32 Å². The fourth-order valence-electron chi connectivity index (χ4n) is 1.53. The summed E-state index contributed by atoms with van der Waals surface area (Å²) in [6, 6.07) is 0. The Morgan fingerprint density at radius 1 is 1.39 bits per heavy atom. The number of nitrogens with one attached hydrogen (secondary N) is 2. The normalized spacial score (nSPS) is 10.7. The monoisotopic (exact) mass is 306 g/mol. The number of carbonyl (C=O) groups is 1. The van der Waals surface area contributed by atoms with Crippen LogP contribution in [0, 0.1) is 0 Å². The zero-order valence-electron chi connectivity index (χ0n) is 8.96. The molecular weight excluding hydrogens is 300 g/mol. The summed E-state index contributed by atoms with van der Waals surface area (Å²) in [5.74, 6) is -0.277. The Labute approximate surface area is 109 Å². The number of fused-ring (bicyclic) bond motifs is 1. The van der Waals surface area contributed by atoms with E-state index in [4.69, 9.17) is 0 Å². The number of anilines is 1. The number of amides is 1. The predicted octanol–water partition coefficient (Wildman–Crippen LogP) is 1.47. The van der Waals surface area contributed by atoms with Crippen LogP contribution in [0.4, 0.5) is 5.69 Å². The molecule has 0 aliphatic carbocycles. The minimum atomic E-state index is -0.277. The van der Waals surface area contributed by atoms with Gasteiger partial charge in [-0.15, -0.1) is 0 Å². The molecule has 0 saturated heterocycles. The van der Waals surface area contributed by atoms with Crippen LogP contribution in [0.15, 0.2) is 35.5 Å². The molecule has 0 saturated carbocycles. The van der Waals surface area contributed by atoms with Crippen molar-refractivity contribution in [3.8, 4) is 0 Å². The van der Waals surface area contributed by atoms with E-state index < -0.39 is 0 Å². The zero-order valence-corrected chi connectivity index (χ0v) is 10.5. The van der Waals surface area contributed by atoms with Crippen LogP contribution in [-0.2, 0) is 0 Å². The van der Waals surface area contributed by atoms with Crippen molar-refractivity contribution in [2.24, 2.45) is 0 Å². The maximum atomic E-state index is 12.0. The standard InChI is InChI=1S/C10H7BrN6O/c11-6-1-12-9-8(4-15-17(9)5-6)10(18)16-7-2-13-14-3-7/h1-5H,(H,13,14)(H,16,18). The number of carbonyl (C=O) groups excluding carboxylic acids is 1. The molecule has 0 bridgehead atoms. The first-order valence-electron chi connectivity index (χ1n) is 5.03. The molecule has 3 aromatic rings. The van der Waals surface area contributed by atoms with Crippen LogP contribution in [0.3, 0.4) is 0 Å². The molecular formula is C10H7BrN6O. The molecule has 8 heteroatoms. The van der Waals surface area contributed by atoms with Crippen LogP contribution in [0.2, 0.25) is 0 Å². The van der Waals surface area contributed by atoms with E-state index in [0.29, 0.717) is 16.9 Å². The van der Waals surface area contributed by atoms with Crippen molar-refractivity contribution < 1.29 is 4.79 Å². The topological polar surface area (TPSA) is 88.0 Å². The molecule has 90 valence electrons. The number of H-pyrrole nitrogens is 1. The maximum Gasteiger partial charge on any atom is 0.261 e. The van der Waals surface area contributed by atoms with Crippen LogP contribution in [0.1, 0.15) is 10.4 Å². The molecule has 0 aliphatic rings. The second-order valence-electron chi connectivity index (χ2n) is 3.54. The number of hydrogen-bond donors (Lipinski definition) is 2. The lowest BCUT2D eigenvalue weighted by Gasteiger charge is -1.99. The molecule has 3 aromatic heterocycles. The van der Waals surface area contributed by atoms with E-state index in [1.807, 2.05) is 0 Å². The van der Waals surface area contributed by atoms with E-state index in [1.54, 1.807) is 18.6 Å².